The van der Waals surface area contributed by atoms with Crippen LogP contribution in [0.4, 0.5) is 15.8 Å². The number of piperazine rings is 1. The highest BCUT2D eigenvalue weighted by atomic mass is 32.2. The summed E-state index contributed by atoms with van der Waals surface area (Å²) >= 11 is 0. The molecule has 0 saturated carbocycles. The smallest absolute Gasteiger partial charge is 0.267 e. The van der Waals surface area contributed by atoms with E-state index >= 15 is 4.39 Å². The van der Waals surface area contributed by atoms with Gasteiger partial charge in [-0.2, -0.15) is 0 Å². The van der Waals surface area contributed by atoms with E-state index in [9.17, 15) is 8.42 Å². The fourth-order valence-electron chi connectivity index (χ4n) is 5.14. The molecule has 220 valence electrons. The molecule has 2 aliphatic rings. The fourth-order valence-corrected chi connectivity index (χ4v) is 6.33. The van der Waals surface area contributed by atoms with E-state index in [0.29, 0.717) is 67.1 Å². The summed E-state index contributed by atoms with van der Waals surface area (Å²) in [4.78, 5) is 15.2. The third kappa shape index (κ3) is 6.95. The lowest BCUT2D eigenvalue weighted by Crippen LogP contribution is -2.48. The number of hydrogen-bond donors (Lipinski definition) is 1. The number of anilines is 2. The maximum absolute atomic E-state index is 15.2. The van der Waals surface area contributed by atoms with Crippen LogP contribution in [-0.2, 0) is 21.3 Å². The van der Waals surface area contributed by atoms with Crippen LogP contribution in [-0.4, -0.2) is 93.8 Å². The Balaban J connectivity index is 1.31. The largest absolute Gasteiger partial charge is 0.480 e. The molecule has 0 bridgehead atoms. The average molecular weight is 585 g/mol. The van der Waals surface area contributed by atoms with E-state index in [0.717, 1.165) is 26.2 Å². The number of nitrogens with one attached hydrogen (secondary N) is 1. The second kappa shape index (κ2) is 12.7. The van der Waals surface area contributed by atoms with Gasteiger partial charge in [0, 0.05) is 69.2 Å². The van der Waals surface area contributed by atoms with Crippen molar-refractivity contribution in [1.29, 1.82) is 0 Å². The molecule has 0 aliphatic carbocycles. The summed E-state index contributed by atoms with van der Waals surface area (Å²) in [5, 5.41) is 0. The second-order valence-electron chi connectivity index (χ2n) is 10.5. The van der Waals surface area contributed by atoms with E-state index in [1.54, 1.807) is 30.5 Å². The molecule has 1 aromatic carbocycles. The Labute approximate surface area is 241 Å². The molecular formula is C29H37FN6O4S. The lowest BCUT2D eigenvalue weighted by atomic mass is 10.1. The predicted octanol–water partition coefficient (Wildman–Crippen LogP) is 3.45. The van der Waals surface area contributed by atoms with Crippen LogP contribution >= 0.6 is 0 Å². The Morgan fingerprint density at radius 2 is 1.78 bits per heavy atom. The van der Waals surface area contributed by atoms with Crippen molar-refractivity contribution in [3.05, 3.63) is 60.2 Å². The van der Waals surface area contributed by atoms with Gasteiger partial charge < -0.3 is 14.4 Å². The number of pyridine rings is 2. The average Bonchev–Trinajstić information content (AvgIpc) is 2.98. The van der Waals surface area contributed by atoms with Crippen molar-refractivity contribution >= 4 is 21.4 Å². The van der Waals surface area contributed by atoms with Crippen molar-refractivity contribution in [3.8, 4) is 17.1 Å². The Bertz CT molecular complexity index is 1460. The highest BCUT2D eigenvalue weighted by Crippen LogP contribution is 2.30. The summed E-state index contributed by atoms with van der Waals surface area (Å²) in [5.41, 5.74) is 2.60. The zero-order valence-electron chi connectivity index (χ0n) is 23.7. The van der Waals surface area contributed by atoms with E-state index < -0.39 is 10.0 Å². The number of rotatable bonds is 9. The first-order valence-electron chi connectivity index (χ1n) is 13.8. The van der Waals surface area contributed by atoms with Gasteiger partial charge in [0.2, 0.25) is 5.88 Å². The number of halogens is 1. The Morgan fingerprint density at radius 3 is 2.46 bits per heavy atom. The molecule has 0 unspecified atom stereocenters. The van der Waals surface area contributed by atoms with Crippen molar-refractivity contribution in [2.24, 2.45) is 0 Å². The van der Waals surface area contributed by atoms with Crippen LogP contribution in [0.5, 0.6) is 5.88 Å². The molecule has 10 nitrogen and oxygen atoms in total. The van der Waals surface area contributed by atoms with Crippen LogP contribution < -0.4 is 14.4 Å². The molecule has 2 aromatic heterocycles. The van der Waals surface area contributed by atoms with Gasteiger partial charge in [0.1, 0.15) is 5.82 Å². The first-order valence-corrected chi connectivity index (χ1v) is 15.3. The molecule has 12 heteroatoms. The minimum Gasteiger partial charge on any atom is -0.480 e. The zero-order valence-corrected chi connectivity index (χ0v) is 24.5. The molecular weight excluding hydrogens is 547 g/mol. The van der Waals surface area contributed by atoms with Gasteiger partial charge in [0.05, 0.1) is 43.6 Å². The maximum Gasteiger partial charge on any atom is 0.267 e. The topological polar surface area (TPSA) is 100 Å². The maximum atomic E-state index is 15.2. The molecule has 2 saturated heterocycles. The normalized spacial score (nSPS) is 17.1. The number of aromatic nitrogens is 2. The van der Waals surface area contributed by atoms with Gasteiger partial charge in [0.15, 0.2) is 4.90 Å². The summed E-state index contributed by atoms with van der Waals surface area (Å²) in [6, 6.07) is 10.3. The number of benzene rings is 1. The van der Waals surface area contributed by atoms with Crippen molar-refractivity contribution in [2.75, 3.05) is 69.2 Å². The molecule has 0 atom stereocenters. The van der Waals surface area contributed by atoms with Crippen molar-refractivity contribution < 1.29 is 22.3 Å². The number of sulfonamides is 1. The zero-order chi connectivity index (χ0) is 29.0. The molecule has 2 fully saturated rings. The minimum absolute atomic E-state index is 0.00734. The van der Waals surface area contributed by atoms with Crippen LogP contribution in [0.2, 0.25) is 0 Å². The Morgan fingerprint density at radius 1 is 1.02 bits per heavy atom. The van der Waals surface area contributed by atoms with Gasteiger partial charge in [-0.1, -0.05) is 12.1 Å². The number of hydrogen-bond acceptors (Lipinski definition) is 9. The van der Waals surface area contributed by atoms with E-state index in [2.05, 4.69) is 38.3 Å². The number of methoxy groups -OCH3 is 1. The van der Waals surface area contributed by atoms with E-state index in [1.165, 1.54) is 19.4 Å². The fraction of sp³-hybridized carbons (Fsp3) is 0.448. The third-order valence-corrected chi connectivity index (χ3v) is 8.93. The number of ether oxygens (including phenoxy) is 2. The number of nitrogens with zero attached hydrogens (tertiary/aromatic N) is 5. The molecule has 3 aromatic rings. The first-order chi connectivity index (χ1) is 19.7. The number of morpholine rings is 1. The van der Waals surface area contributed by atoms with Crippen LogP contribution in [0, 0.1) is 5.82 Å². The van der Waals surface area contributed by atoms with E-state index in [4.69, 9.17) is 9.47 Å². The summed E-state index contributed by atoms with van der Waals surface area (Å²) in [6.45, 7) is 11.1. The summed E-state index contributed by atoms with van der Waals surface area (Å²) in [7, 11) is -2.68. The van der Waals surface area contributed by atoms with Crippen LogP contribution in [0.25, 0.3) is 11.3 Å². The molecule has 0 amide bonds. The highest BCUT2D eigenvalue weighted by Gasteiger charge is 2.24. The van der Waals surface area contributed by atoms with Gasteiger partial charge in [0.25, 0.3) is 10.0 Å². The Kier molecular flexibility index (Phi) is 9.03. The Hall–Kier alpha value is -3.32. The summed E-state index contributed by atoms with van der Waals surface area (Å²) in [6.07, 6.45) is 3.09. The quantitative estimate of drug-likeness (QED) is 0.405. The van der Waals surface area contributed by atoms with Crippen LogP contribution in [0.1, 0.15) is 19.4 Å². The predicted molar refractivity (Wildman–Crippen MR) is 156 cm³/mol. The molecule has 1 N–H and O–H groups in total. The van der Waals surface area contributed by atoms with Gasteiger partial charge in [-0.15, -0.1) is 0 Å². The SMILES string of the molecule is COc1ncc(N2CCOCC2)cc1S(=O)(=O)Nc1ccnc(-c2ccc(CN3CCN(C(C)C)CC3)c(F)c2)c1. The minimum atomic E-state index is -4.06. The molecule has 5 rings (SSSR count). The monoisotopic (exact) mass is 584 g/mol. The summed E-state index contributed by atoms with van der Waals surface area (Å²) < 4.78 is 55.3. The molecule has 41 heavy (non-hydrogen) atoms. The standard InChI is InChI=1S/C29H37FN6O4S/c1-21(2)35-10-8-34(9-11-35)20-23-5-4-22(16-26(23)30)27-17-24(6-7-31-27)33-41(37,38)28-18-25(19-32-29(28)39-3)36-12-14-40-15-13-36/h4-7,16-19,21H,8-15,20H2,1-3H3,(H,31,33). The molecule has 0 radical (unpaired) electrons. The van der Waals surface area contributed by atoms with Gasteiger partial charge in [-0.25, -0.2) is 17.8 Å². The van der Waals surface area contributed by atoms with Crippen LogP contribution in [0.3, 0.4) is 0 Å². The van der Waals surface area contributed by atoms with Crippen molar-refractivity contribution in [1.82, 2.24) is 19.8 Å². The first kappa shape index (κ1) is 29.2. The van der Waals surface area contributed by atoms with E-state index in [1.807, 2.05) is 11.0 Å². The highest BCUT2D eigenvalue weighted by molar-refractivity contribution is 7.92. The van der Waals surface area contributed by atoms with Gasteiger partial charge >= 0.3 is 0 Å². The van der Waals surface area contributed by atoms with Crippen molar-refractivity contribution in [2.45, 2.75) is 31.3 Å². The van der Waals surface area contributed by atoms with Gasteiger partial charge in [-0.05, 0) is 38.1 Å². The summed E-state index contributed by atoms with van der Waals surface area (Å²) in [5.74, 6) is -0.315. The van der Waals surface area contributed by atoms with Crippen LogP contribution in [0.15, 0.2) is 53.7 Å². The van der Waals surface area contributed by atoms with Gasteiger partial charge in [-0.3, -0.25) is 19.5 Å². The van der Waals surface area contributed by atoms with E-state index in [-0.39, 0.29) is 16.6 Å². The lowest BCUT2D eigenvalue weighted by molar-refractivity contribution is 0.103. The third-order valence-electron chi connectivity index (χ3n) is 7.56. The second-order valence-corrected chi connectivity index (χ2v) is 12.2. The lowest BCUT2D eigenvalue weighted by Gasteiger charge is -2.37. The van der Waals surface area contributed by atoms with Crippen molar-refractivity contribution in [3.63, 3.8) is 0 Å². The molecule has 4 heterocycles. The molecule has 2 aliphatic heterocycles. The molecule has 0 spiro atoms.